The van der Waals surface area contributed by atoms with E-state index in [0.717, 1.165) is 16.5 Å². The lowest BCUT2D eigenvalue weighted by molar-refractivity contribution is -0.114. The molecule has 0 saturated heterocycles. The summed E-state index contributed by atoms with van der Waals surface area (Å²) < 4.78 is 0. The Hall–Kier alpha value is -3.28. The van der Waals surface area contributed by atoms with Crippen LogP contribution in [0.25, 0.3) is 10.9 Å². The third-order valence-corrected chi connectivity index (χ3v) is 3.99. The first kappa shape index (κ1) is 16.6. The number of nitrogen functional groups attached to an aromatic ring is 1. The first-order valence-corrected chi connectivity index (χ1v) is 7.89. The molecule has 0 unspecified atom stereocenters. The lowest BCUT2D eigenvalue weighted by atomic mass is 10.1. The second-order valence-corrected chi connectivity index (χ2v) is 6.03. The molecule has 0 aliphatic rings. The first-order valence-electron chi connectivity index (χ1n) is 7.89. The Morgan fingerprint density at radius 1 is 1.20 bits per heavy atom. The minimum Gasteiger partial charge on any atom is -0.494 e. The number of aliphatic imine (C=N–C) groups is 1. The van der Waals surface area contributed by atoms with E-state index in [1.807, 2.05) is 32.0 Å². The van der Waals surface area contributed by atoms with Crippen molar-refractivity contribution in [2.75, 3.05) is 11.1 Å². The van der Waals surface area contributed by atoms with E-state index in [0.29, 0.717) is 28.3 Å². The van der Waals surface area contributed by atoms with Gasteiger partial charge in [-0.2, -0.15) is 0 Å². The molecule has 1 aromatic heterocycles. The van der Waals surface area contributed by atoms with Crippen LogP contribution in [0.3, 0.4) is 0 Å². The minimum atomic E-state index is -0.134. The number of benzene rings is 2. The highest BCUT2D eigenvalue weighted by molar-refractivity contribution is 6.13. The van der Waals surface area contributed by atoms with Crippen LogP contribution in [0.1, 0.15) is 25.0 Å². The van der Waals surface area contributed by atoms with Crippen LogP contribution < -0.4 is 11.1 Å². The minimum absolute atomic E-state index is 0.0519. The van der Waals surface area contributed by atoms with Crippen LogP contribution in [0.4, 0.5) is 17.1 Å². The van der Waals surface area contributed by atoms with Gasteiger partial charge in [-0.15, -0.1) is 0 Å². The summed E-state index contributed by atoms with van der Waals surface area (Å²) in [5.41, 5.74) is 10.9. The largest absolute Gasteiger partial charge is 0.494 e. The Morgan fingerprint density at radius 2 is 1.96 bits per heavy atom. The highest BCUT2D eigenvalue weighted by atomic mass is 16.3. The fourth-order valence-electron chi connectivity index (χ4n) is 2.81. The molecular formula is C19H20N4O2. The van der Waals surface area contributed by atoms with Gasteiger partial charge in [0, 0.05) is 29.2 Å². The number of aromatic hydroxyl groups is 1. The van der Waals surface area contributed by atoms with Gasteiger partial charge in [-0.3, -0.25) is 9.79 Å². The first-order chi connectivity index (χ1) is 11.8. The molecule has 0 fully saturated rings. The number of aryl methyl sites for hydroxylation is 1. The van der Waals surface area contributed by atoms with Crippen molar-refractivity contribution in [2.45, 2.75) is 20.8 Å². The molecule has 3 aromatic rings. The van der Waals surface area contributed by atoms with Crippen LogP contribution in [0, 0.1) is 6.92 Å². The lowest BCUT2D eigenvalue weighted by Crippen LogP contribution is -2.06. The van der Waals surface area contributed by atoms with Crippen molar-refractivity contribution in [3.8, 4) is 5.88 Å². The predicted molar refractivity (Wildman–Crippen MR) is 102 cm³/mol. The number of aromatic amines is 1. The number of H-pyrrole nitrogens is 1. The molecule has 0 bridgehead atoms. The number of hydrogen-bond acceptors (Lipinski definition) is 4. The third kappa shape index (κ3) is 3.33. The van der Waals surface area contributed by atoms with Gasteiger partial charge in [0.2, 0.25) is 5.91 Å². The van der Waals surface area contributed by atoms with E-state index < -0.39 is 0 Å². The van der Waals surface area contributed by atoms with Crippen molar-refractivity contribution in [1.29, 1.82) is 0 Å². The molecule has 6 nitrogen and oxygen atoms in total. The standard InChI is InChI=1S/C19H20N4O2/c1-10-4-6-14(9-17(10)22-12(3)24)21-11(2)18-15-8-13(20)5-7-16(15)23-19(18)25/h4-9,23,25H,20H2,1-3H3,(H,22,24). The Bertz CT molecular complexity index is 1000. The number of nitrogens with one attached hydrogen (secondary N) is 2. The maximum atomic E-state index is 11.3. The van der Waals surface area contributed by atoms with Gasteiger partial charge in [-0.05, 0) is 49.7 Å². The van der Waals surface area contributed by atoms with Crippen LogP contribution in [-0.2, 0) is 4.79 Å². The Kier molecular flexibility index (Phi) is 4.19. The topological polar surface area (TPSA) is 103 Å². The van der Waals surface area contributed by atoms with Crippen LogP contribution >= 0.6 is 0 Å². The van der Waals surface area contributed by atoms with Gasteiger partial charge in [0.25, 0.3) is 0 Å². The Morgan fingerprint density at radius 3 is 2.68 bits per heavy atom. The molecule has 1 amide bonds. The van der Waals surface area contributed by atoms with Gasteiger partial charge in [0.15, 0.2) is 5.88 Å². The number of carbonyl (C=O) groups is 1. The smallest absolute Gasteiger partial charge is 0.221 e. The number of hydrogen-bond donors (Lipinski definition) is 4. The van der Waals surface area contributed by atoms with E-state index in [4.69, 9.17) is 5.73 Å². The van der Waals surface area contributed by atoms with E-state index in [2.05, 4.69) is 15.3 Å². The molecule has 0 aliphatic heterocycles. The van der Waals surface area contributed by atoms with E-state index in [-0.39, 0.29) is 11.8 Å². The Balaban J connectivity index is 2.06. The zero-order valence-corrected chi connectivity index (χ0v) is 14.3. The summed E-state index contributed by atoms with van der Waals surface area (Å²) in [5.74, 6) is -0.0817. The van der Waals surface area contributed by atoms with Crippen LogP contribution in [0.15, 0.2) is 41.4 Å². The monoisotopic (exact) mass is 336 g/mol. The summed E-state index contributed by atoms with van der Waals surface area (Å²) in [7, 11) is 0. The summed E-state index contributed by atoms with van der Waals surface area (Å²) >= 11 is 0. The van der Waals surface area contributed by atoms with Crippen LogP contribution in [0.5, 0.6) is 5.88 Å². The second kappa shape index (κ2) is 6.32. The van der Waals surface area contributed by atoms with Gasteiger partial charge < -0.3 is 21.1 Å². The molecule has 2 aromatic carbocycles. The normalized spacial score (nSPS) is 11.7. The van der Waals surface area contributed by atoms with Crippen molar-refractivity contribution in [3.63, 3.8) is 0 Å². The van der Waals surface area contributed by atoms with Crippen molar-refractivity contribution >= 4 is 39.6 Å². The van der Waals surface area contributed by atoms with Gasteiger partial charge in [-0.25, -0.2) is 0 Å². The highest BCUT2D eigenvalue weighted by Gasteiger charge is 2.14. The number of nitrogens with two attached hydrogens (primary N) is 1. The summed E-state index contributed by atoms with van der Waals surface area (Å²) in [5, 5.41) is 13.9. The molecule has 128 valence electrons. The molecule has 5 N–H and O–H groups in total. The van der Waals surface area contributed by atoms with Crippen molar-refractivity contribution < 1.29 is 9.90 Å². The molecule has 0 spiro atoms. The number of rotatable bonds is 3. The van der Waals surface area contributed by atoms with Gasteiger partial charge in [-0.1, -0.05) is 6.07 Å². The molecule has 0 aliphatic carbocycles. The van der Waals surface area contributed by atoms with Gasteiger partial charge >= 0.3 is 0 Å². The summed E-state index contributed by atoms with van der Waals surface area (Å²) in [6.45, 7) is 5.21. The van der Waals surface area contributed by atoms with Gasteiger partial charge in [0.05, 0.1) is 17.0 Å². The highest BCUT2D eigenvalue weighted by Crippen LogP contribution is 2.31. The average molecular weight is 336 g/mol. The van der Waals surface area contributed by atoms with Crippen molar-refractivity contribution in [1.82, 2.24) is 4.98 Å². The van der Waals surface area contributed by atoms with Gasteiger partial charge in [0.1, 0.15) is 0 Å². The van der Waals surface area contributed by atoms with Crippen molar-refractivity contribution in [2.24, 2.45) is 4.99 Å². The fraction of sp³-hybridized carbons (Fsp3) is 0.158. The molecule has 0 radical (unpaired) electrons. The summed E-state index contributed by atoms with van der Waals surface area (Å²) in [4.78, 5) is 18.8. The zero-order chi connectivity index (χ0) is 18.1. The number of aromatic nitrogens is 1. The number of carbonyl (C=O) groups excluding carboxylic acids is 1. The second-order valence-electron chi connectivity index (χ2n) is 6.03. The van der Waals surface area contributed by atoms with Crippen LogP contribution in [-0.4, -0.2) is 21.7 Å². The van der Waals surface area contributed by atoms with E-state index >= 15 is 0 Å². The third-order valence-electron chi connectivity index (χ3n) is 3.99. The molecule has 3 rings (SSSR count). The molecule has 0 saturated carbocycles. The molecule has 0 atom stereocenters. The molecule has 6 heteroatoms. The quantitative estimate of drug-likeness (QED) is 0.431. The maximum Gasteiger partial charge on any atom is 0.221 e. The molecular weight excluding hydrogens is 316 g/mol. The number of amides is 1. The molecule has 1 heterocycles. The maximum absolute atomic E-state index is 11.3. The van der Waals surface area contributed by atoms with Crippen LogP contribution in [0.2, 0.25) is 0 Å². The number of nitrogens with zero attached hydrogens (tertiary/aromatic N) is 1. The fourth-order valence-corrected chi connectivity index (χ4v) is 2.81. The van der Waals surface area contributed by atoms with E-state index in [9.17, 15) is 9.90 Å². The predicted octanol–water partition coefficient (Wildman–Crippen LogP) is 3.86. The summed E-state index contributed by atoms with van der Waals surface area (Å²) in [6, 6.07) is 11.0. The van der Waals surface area contributed by atoms with E-state index in [1.54, 1.807) is 18.2 Å². The molecule has 25 heavy (non-hydrogen) atoms. The average Bonchev–Trinajstić information content (AvgIpc) is 2.85. The number of anilines is 2. The van der Waals surface area contributed by atoms with E-state index in [1.165, 1.54) is 6.92 Å². The SMILES string of the molecule is CC(=O)Nc1cc(N=C(C)c2c(O)[nH]c3ccc(N)cc23)ccc1C. The lowest BCUT2D eigenvalue weighted by Gasteiger charge is -2.08. The van der Waals surface area contributed by atoms with Crippen molar-refractivity contribution in [3.05, 3.63) is 47.5 Å². The Labute approximate surface area is 145 Å². The zero-order valence-electron chi connectivity index (χ0n) is 14.3. The number of fused-ring (bicyclic) bond motifs is 1. The summed E-state index contributed by atoms with van der Waals surface area (Å²) in [6.07, 6.45) is 0.